The Labute approximate surface area is 213 Å². The second kappa shape index (κ2) is 8.63. The molecule has 0 amide bonds. The molecule has 0 saturated heterocycles. The van der Waals surface area contributed by atoms with E-state index in [4.69, 9.17) is 5.10 Å². The van der Waals surface area contributed by atoms with Crippen molar-refractivity contribution >= 4 is 27.6 Å². The fourth-order valence-electron chi connectivity index (χ4n) is 5.04. The zero-order chi connectivity index (χ0) is 23.9. The number of benzene rings is 4. The summed E-state index contributed by atoms with van der Waals surface area (Å²) in [6.07, 6.45) is 0. The molecule has 0 radical (unpaired) electrons. The number of thiophene rings is 1. The van der Waals surface area contributed by atoms with E-state index in [1.54, 1.807) is 11.3 Å². The first kappa shape index (κ1) is 20.9. The van der Waals surface area contributed by atoms with E-state index < -0.39 is 0 Å². The Hall–Kier alpha value is -4.47. The van der Waals surface area contributed by atoms with Crippen LogP contribution in [-0.4, -0.2) is 9.61 Å². The van der Waals surface area contributed by atoms with Gasteiger partial charge in [-0.3, -0.25) is 0 Å². The van der Waals surface area contributed by atoms with E-state index in [9.17, 15) is 0 Å². The number of fused-ring (bicyclic) bond motifs is 3. The Balaban J connectivity index is 1.60. The van der Waals surface area contributed by atoms with Gasteiger partial charge in [0.2, 0.25) is 0 Å². The molecular weight excluding hydrogens is 456 g/mol. The summed E-state index contributed by atoms with van der Waals surface area (Å²) in [5.74, 6) is 0. The standard InChI is InChI=1S/C33H22N2S/c1-3-11-23(12-4-1)25-16-9-17-27(21-25)32-31(24-13-5-2-6-14-24)33-28-18-8-7-15-26(28)22-29(35(33)34-32)30-19-10-20-36-30/h1-22H. The molecule has 4 aromatic carbocycles. The van der Waals surface area contributed by atoms with Crippen LogP contribution in [0.2, 0.25) is 0 Å². The molecule has 3 aromatic heterocycles. The third-order valence-corrected chi connectivity index (χ3v) is 7.59. The van der Waals surface area contributed by atoms with Crippen LogP contribution in [0.4, 0.5) is 0 Å². The lowest BCUT2D eigenvalue weighted by molar-refractivity contribution is 0.982. The van der Waals surface area contributed by atoms with Gasteiger partial charge in [-0.25, -0.2) is 4.52 Å². The van der Waals surface area contributed by atoms with Crippen molar-refractivity contribution in [2.45, 2.75) is 0 Å². The van der Waals surface area contributed by atoms with Crippen LogP contribution < -0.4 is 0 Å². The SMILES string of the molecule is c1ccc(-c2cccc(-c3nn4c(-c5cccs5)cc5ccccc5c4c3-c3ccccc3)c2)cc1. The molecule has 2 nitrogen and oxygen atoms in total. The molecule has 0 N–H and O–H groups in total. The van der Waals surface area contributed by atoms with E-state index in [1.165, 1.54) is 32.3 Å². The molecule has 0 spiro atoms. The van der Waals surface area contributed by atoms with E-state index in [0.717, 1.165) is 28.0 Å². The minimum Gasteiger partial charge on any atom is -0.230 e. The Morgan fingerprint density at radius 3 is 2.03 bits per heavy atom. The number of hydrogen-bond donors (Lipinski definition) is 0. The van der Waals surface area contributed by atoms with Crippen LogP contribution in [0.25, 0.3) is 60.4 Å². The second-order valence-electron chi connectivity index (χ2n) is 8.89. The highest BCUT2D eigenvalue weighted by Gasteiger charge is 2.21. The van der Waals surface area contributed by atoms with Crippen molar-refractivity contribution in [3.8, 4) is 44.1 Å². The normalized spacial score (nSPS) is 11.3. The van der Waals surface area contributed by atoms with Crippen LogP contribution in [0.3, 0.4) is 0 Å². The van der Waals surface area contributed by atoms with Crippen molar-refractivity contribution in [2.24, 2.45) is 0 Å². The van der Waals surface area contributed by atoms with Gasteiger partial charge in [-0.1, -0.05) is 109 Å². The maximum atomic E-state index is 5.32. The van der Waals surface area contributed by atoms with E-state index in [0.29, 0.717) is 0 Å². The highest BCUT2D eigenvalue weighted by molar-refractivity contribution is 7.13. The van der Waals surface area contributed by atoms with Gasteiger partial charge in [0.1, 0.15) is 5.69 Å². The van der Waals surface area contributed by atoms with Gasteiger partial charge >= 0.3 is 0 Å². The maximum absolute atomic E-state index is 5.32. The van der Waals surface area contributed by atoms with Gasteiger partial charge in [0.25, 0.3) is 0 Å². The topological polar surface area (TPSA) is 17.3 Å². The van der Waals surface area contributed by atoms with E-state index in [2.05, 4.69) is 137 Å². The van der Waals surface area contributed by atoms with Crippen LogP contribution in [0.1, 0.15) is 0 Å². The summed E-state index contributed by atoms with van der Waals surface area (Å²) in [7, 11) is 0. The molecule has 0 atom stereocenters. The summed E-state index contributed by atoms with van der Waals surface area (Å²) >= 11 is 1.75. The third kappa shape index (κ3) is 3.44. The lowest BCUT2D eigenvalue weighted by Crippen LogP contribution is -1.94. The van der Waals surface area contributed by atoms with E-state index in [1.807, 2.05) is 0 Å². The van der Waals surface area contributed by atoms with Crippen LogP contribution in [0.5, 0.6) is 0 Å². The lowest BCUT2D eigenvalue weighted by atomic mass is 9.95. The monoisotopic (exact) mass is 478 g/mol. The molecule has 0 saturated carbocycles. The van der Waals surface area contributed by atoms with E-state index >= 15 is 0 Å². The number of nitrogens with zero attached hydrogens (tertiary/aromatic N) is 2. The molecule has 0 aliphatic heterocycles. The van der Waals surface area contributed by atoms with Crippen molar-refractivity contribution in [1.82, 2.24) is 9.61 Å². The summed E-state index contributed by atoms with van der Waals surface area (Å²) < 4.78 is 2.15. The Kier molecular flexibility index (Phi) is 5.00. The summed E-state index contributed by atoms with van der Waals surface area (Å²) in [5.41, 5.74) is 9.08. The summed E-state index contributed by atoms with van der Waals surface area (Å²) in [6.45, 7) is 0. The minimum atomic E-state index is 0.994. The number of hydrogen-bond acceptors (Lipinski definition) is 2. The Bertz CT molecular complexity index is 1820. The van der Waals surface area contributed by atoms with Crippen molar-refractivity contribution in [3.63, 3.8) is 0 Å². The number of aromatic nitrogens is 2. The fraction of sp³-hybridized carbons (Fsp3) is 0. The molecule has 170 valence electrons. The first-order valence-electron chi connectivity index (χ1n) is 12.1. The quantitative estimate of drug-likeness (QED) is 0.246. The predicted octanol–water partition coefficient (Wildman–Crippen LogP) is 9.22. The molecule has 0 aliphatic rings. The third-order valence-electron chi connectivity index (χ3n) is 6.70. The molecule has 0 fully saturated rings. The molecule has 7 rings (SSSR count). The van der Waals surface area contributed by atoms with Gasteiger partial charge in [0, 0.05) is 16.5 Å². The molecule has 0 unspecified atom stereocenters. The average molecular weight is 479 g/mol. The first-order chi connectivity index (χ1) is 17.9. The molecular formula is C33H22N2S. The first-order valence-corrected chi connectivity index (χ1v) is 12.9. The Morgan fingerprint density at radius 1 is 0.556 bits per heavy atom. The van der Waals surface area contributed by atoms with Gasteiger partial charge in [0.15, 0.2) is 0 Å². The van der Waals surface area contributed by atoms with Gasteiger partial charge in [-0.2, -0.15) is 5.10 Å². The summed E-state index contributed by atoms with van der Waals surface area (Å²) in [6, 6.07) is 45.1. The number of rotatable bonds is 4. The van der Waals surface area contributed by atoms with Gasteiger partial charge in [-0.05, 0) is 45.7 Å². The zero-order valence-corrected chi connectivity index (χ0v) is 20.3. The molecule has 7 aromatic rings. The Morgan fingerprint density at radius 2 is 1.25 bits per heavy atom. The summed E-state index contributed by atoms with van der Waals surface area (Å²) in [4.78, 5) is 1.21. The van der Waals surface area contributed by atoms with Crippen LogP contribution in [0.15, 0.2) is 133 Å². The molecule has 36 heavy (non-hydrogen) atoms. The predicted molar refractivity (Wildman–Crippen MR) is 152 cm³/mol. The van der Waals surface area contributed by atoms with Crippen molar-refractivity contribution in [2.75, 3.05) is 0 Å². The zero-order valence-electron chi connectivity index (χ0n) is 19.5. The lowest BCUT2D eigenvalue weighted by Gasteiger charge is -2.09. The van der Waals surface area contributed by atoms with Crippen LogP contribution >= 0.6 is 11.3 Å². The molecule has 0 aliphatic carbocycles. The van der Waals surface area contributed by atoms with Gasteiger partial charge in [0.05, 0.1) is 16.1 Å². The highest BCUT2D eigenvalue weighted by Crippen LogP contribution is 2.41. The van der Waals surface area contributed by atoms with Gasteiger partial charge < -0.3 is 0 Å². The highest BCUT2D eigenvalue weighted by atomic mass is 32.1. The van der Waals surface area contributed by atoms with Crippen LogP contribution in [-0.2, 0) is 0 Å². The van der Waals surface area contributed by atoms with Crippen molar-refractivity contribution in [3.05, 3.63) is 133 Å². The molecule has 0 bridgehead atoms. The minimum absolute atomic E-state index is 0.994. The van der Waals surface area contributed by atoms with Crippen molar-refractivity contribution < 1.29 is 0 Å². The maximum Gasteiger partial charge on any atom is 0.101 e. The van der Waals surface area contributed by atoms with Crippen LogP contribution in [0, 0.1) is 0 Å². The fourth-order valence-corrected chi connectivity index (χ4v) is 5.77. The van der Waals surface area contributed by atoms with Crippen molar-refractivity contribution in [1.29, 1.82) is 0 Å². The molecule has 3 heteroatoms. The largest absolute Gasteiger partial charge is 0.230 e. The molecule has 3 heterocycles. The smallest absolute Gasteiger partial charge is 0.101 e. The van der Waals surface area contributed by atoms with E-state index in [-0.39, 0.29) is 0 Å². The number of pyridine rings is 1. The second-order valence-corrected chi connectivity index (χ2v) is 9.84. The average Bonchev–Trinajstić information content (AvgIpc) is 3.63. The summed E-state index contributed by atoms with van der Waals surface area (Å²) in [5, 5.41) is 9.87. The van der Waals surface area contributed by atoms with Gasteiger partial charge in [-0.15, -0.1) is 11.3 Å².